The Labute approximate surface area is 98.6 Å². The molecule has 0 aromatic carbocycles. The fourth-order valence-corrected chi connectivity index (χ4v) is 3.39. The van der Waals surface area contributed by atoms with Gasteiger partial charge in [0.05, 0.1) is 0 Å². The van der Waals surface area contributed by atoms with E-state index in [4.69, 9.17) is 0 Å². The van der Waals surface area contributed by atoms with Gasteiger partial charge in [-0.25, -0.2) is 4.31 Å². The second-order valence-corrected chi connectivity index (χ2v) is 5.57. The van der Waals surface area contributed by atoms with Crippen LogP contribution in [-0.2, 0) is 0 Å². The molecule has 3 heteroatoms. The van der Waals surface area contributed by atoms with E-state index in [-0.39, 0.29) is 0 Å². The molecule has 0 aromatic heterocycles. The first kappa shape index (κ1) is 12.7. The summed E-state index contributed by atoms with van der Waals surface area (Å²) < 4.78 is 2.62. The van der Waals surface area contributed by atoms with Gasteiger partial charge in [-0.1, -0.05) is 38.1 Å². The molecule has 1 rings (SSSR count). The van der Waals surface area contributed by atoms with Crippen molar-refractivity contribution in [3.63, 3.8) is 0 Å². The van der Waals surface area contributed by atoms with Crippen LogP contribution in [-0.4, -0.2) is 28.4 Å². The molecule has 0 aliphatic heterocycles. The Kier molecular flexibility index (Phi) is 7.17. The average molecular weight is 233 g/mol. The lowest BCUT2D eigenvalue weighted by Crippen LogP contribution is -2.32. The van der Waals surface area contributed by atoms with Gasteiger partial charge < -0.3 is 0 Å². The van der Waals surface area contributed by atoms with E-state index in [0.29, 0.717) is 0 Å². The summed E-state index contributed by atoms with van der Waals surface area (Å²) in [5.74, 6) is 2.16. The molecule has 84 valence electrons. The van der Waals surface area contributed by atoms with Gasteiger partial charge in [-0.2, -0.15) is 12.6 Å². The first-order valence-electron chi connectivity index (χ1n) is 5.89. The molecular formula is C11H23NS2. The first-order valence-corrected chi connectivity index (χ1v) is 7.46. The SMILES string of the molecule is CCCN(SCCS)C1CCCCC1. The van der Waals surface area contributed by atoms with Crippen LogP contribution >= 0.6 is 24.6 Å². The third kappa shape index (κ3) is 4.45. The summed E-state index contributed by atoms with van der Waals surface area (Å²) in [6, 6.07) is 0.855. The van der Waals surface area contributed by atoms with Crippen molar-refractivity contribution >= 4 is 24.6 Å². The minimum absolute atomic E-state index is 0.855. The average Bonchev–Trinajstić information content (AvgIpc) is 2.25. The maximum Gasteiger partial charge on any atom is 0.0202 e. The lowest BCUT2D eigenvalue weighted by atomic mass is 9.95. The van der Waals surface area contributed by atoms with Gasteiger partial charge in [0.25, 0.3) is 0 Å². The Morgan fingerprint density at radius 2 is 2.00 bits per heavy atom. The van der Waals surface area contributed by atoms with Crippen LogP contribution in [0.15, 0.2) is 0 Å². The Balaban J connectivity index is 2.30. The molecule has 0 atom stereocenters. The number of hydrogen-bond donors (Lipinski definition) is 1. The summed E-state index contributed by atoms with van der Waals surface area (Å²) in [7, 11) is 0. The highest BCUT2D eigenvalue weighted by Crippen LogP contribution is 2.27. The highest BCUT2D eigenvalue weighted by atomic mass is 32.2. The molecular weight excluding hydrogens is 210 g/mol. The Morgan fingerprint density at radius 1 is 1.29 bits per heavy atom. The third-order valence-corrected chi connectivity index (χ3v) is 4.50. The van der Waals surface area contributed by atoms with Crippen LogP contribution in [0.25, 0.3) is 0 Å². The lowest BCUT2D eigenvalue weighted by molar-refractivity contribution is 0.273. The molecule has 1 aliphatic rings. The third-order valence-electron chi connectivity index (χ3n) is 2.77. The second-order valence-electron chi connectivity index (χ2n) is 3.99. The summed E-state index contributed by atoms with van der Waals surface area (Å²) in [5, 5.41) is 0. The van der Waals surface area contributed by atoms with Crippen molar-refractivity contribution in [2.45, 2.75) is 51.5 Å². The molecule has 1 saturated carbocycles. The molecule has 0 spiro atoms. The van der Waals surface area contributed by atoms with Gasteiger partial charge in [0.1, 0.15) is 0 Å². The minimum Gasteiger partial charge on any atom is -0.248 e. The predicted octanol–water partition coefficient (Wildman–Crippen LogP) is 3.61. The van der Waals surface area contributed by atoms with Crippen LogP contribution in [0.2, 0.25) is 0 Å². The van der Waals surface area contributed by atoms with Crippen LogP contribution in [0.1, 0.15) is 45.4 Å². The first-order chi connectivity index (χ1) is 6.88. The molecule has 0 saturated heterocycles. The molecule has 0 amide bonds. The maximum atomic E-state index is 4.28. The van der Waals surface area contributed by atoms with Crippen molar-refractivity contribution in [2.75, 3.05) is 18.1 Å². The number of thiol groups is 1. The fourth-order valence-electron chi connectivity index (χ4n) is 2.10. The van der Waals surface area contributed by atoms with Gasteiger partial charge in [-0.3, -0.25) is 0 Å². The molecule has 0 aromatic rings. The van der Waals surface area contributed by atoms with Crippen molar-refractivity contribution in [2.24, 2.45) is 0 Å². The highest BCUT2D eigenvalue weighted by Gasteiger charge is 2.20. The van der Waals surface area contributed by atoms with E-state index in [2.05, 4.69) is 23.9 Å². The van der Waals surface area contributed by atoms with Crippen LogP contribution < -0.4 is 0 Å². The van der Waals surface area contributed by atoms with Crippen molar-refractivity contribution in [3.05, 3.63) is 0 Å². The topological polar surface area (TPSA) is 3.24 Å². The van der Waals surface area contributed by atoms with Gasteiger partial charge >= 0.3 is 0 Å². The molecule has 0 bridgehead atoms. The van der Waals surface area contributed by atoms with Crippen LogP contribution in [0.5, 0.6) is 0 Å². The van der Waals surface area contributed by atoms with Gasteiger partial charge in [-0.15, -0.1) is 0 Å². The van der Waals surface area contributed by atoms with E-state index in [1.165, 1.54) is 50.8 Å². The maximum absolute atomic E-state index is 4.28. The van der Waals surface area contributed by atoms with E-state index < -0.39 is 0 Å². The summed E-state index contributed by atoms with van der Waals surface area (Å²) in [6.45, 7) is 3.53. The molecule has 0 N–H and O–H groups in total. The van der Waals surface area contributed by atoms with Gasteiger partial charge in [0.15, 0.2) is 0 Å². The summed E-state index contributed by atoms with van der Waals surface area (Å²) >= 11 is 6.29. The fraction of sp³-hybridized carbons (Fsp3) is 1.00. The minimum atomic E-state index is 0.855. The smallest absolute Gasteiger partial charge is 0.0202 e. The monoisotopic (exact) mass is 233 g/mol. The zero-order valence-corrected chi connectivity index (χ0v) is 11.0. The largest absolute Gasteiger partial charge is 0.248 e. The van der Waals surface area contributed by atoms with Crippen molar-refractivity contribution in [1.82, 2.24) is 4.31 Å². The molecule has 0 radical (unpaired) electrons. The van der Waals surface area contributed by atoms with Crippen molar-refractivity contribution < 1.29 is 0 Å². The van der Waals surface area contributed by atoms with Crippen molar-refractivity contribution in [1.29, 1.82) is 0 Å². The number of rotatable bonds is 6. The van der Waals surface area contributed by atoms with Crippen LogP contribution in [0.3, 0.4) is 0 Å². The van der Waals surface area contributed by atoms with Gasteiger partial charge in [0, 0.05) is 24.1 Å². The van der Waals surface area contributed by atoms with E-state index in [1.54, 1.807) is 0 Å². The molecule has 1 nitrogen and oxygen atoms in total. The molecule has 14 heavy (non-hydrogen) atoms. The van der Waals surface area contributed by atoms with Gasteiger partial charge in [0.2, 0.25) is 0 Å². The number of nitrogens with zero attached hydrogens (tertiary/aromatic N) is 1. The summed E-state index contributed by atoms with van der Waals surface area (Å²) in [4.78, 5) is 0. The Morgan fingerprint density at radius 3 is 2.57 bits per heavy atom. The van der Waals surface area contributed by atoms with Crippen molar-refractivity contribution in [3.8, 4) is 0 Å². The molecule has 1 aliphatic carbocycles. The van der Waals surface area contributed by atoms with Crippen LogP contribution in [0, 0.1) is 0 Å². The standard InChI is InChI=1S/C11H23NS2/c1-2-8-12(14-10-9-13)11-6-4-3-5-7-11/h11,13H,2-10H2,1H3. The predicted molar refractivity (Wildman–Crippen MR) is 70.2 cm³/mol. The molecule has 0 heterocycles. The zero-order valence-electron chi connectivity index (χ0n) is 9.24. The summed E-state index contributed by atoms with van der Waals surface area (Å²) in [5.41, 5.74) is 0. The Hall–Kier alpha value is 0.660. The van der Waals surface area contributed by atoms with E-state index in [9.17, 15) is 0 Å². The number of hydrogen-bond acceptors (Lipinski definition) is 3. The zero-order chi connectivity index (χ0) is 10.2. The molecule has 1 fully saturated rings. The normalized spacial score (nSPS) is 19.1. The quantitative estimate of drug-likeness (QED) is 0.551. The second kappa shape index (κ2) is 7.89. The van der Waals surface area contributed by atoms with Gasteiger partial charge in [-0.05, 0) is 19.3 Å². The summed E-state index contributed by atoms with van der Waals surface area (Å²) in [6.07, 6.45) is 8.43. The Bertz CT molecular complexity index is 135. The highest BCUT2D eigenvalue weighted by molar-refractivity contribution is 7.97. The van der Waals surface area contributed by atoms with Crippen LogP contribution in [0.4, 0.5) is 0 Å². The lowest BCUT2D eigenvalue weighted by Gasteiger charge is -2.32. The van der Waals surface area contributed by atoms with E-state index >= 15 is 0 Å². The van der Waals surface area contributed by atoms with E-state index in [1.807, 2.05) is 11.9 Å². The molecule has 0 unspecified atom stereocenters. The van der Waals surface area contributed by atoms with E-state index in [0.717, 1.165) is 11.8 Å².